The number of phenolic OH excluding ortho intramolecular Hbond substituents is 1. The van der Waals surface area contributed by atoms with Gasteiger partial charge in [-0.1, -0.05) is 54.6 Å². The number of nitrogens with one attached hydrogen (secondary N) is 4. The molecule has 0 radical (unpaired) electrons. The number of H-pyrrole nitrogens is 1. The van der Waals surface area contributed by atoms with Gasteiger partial charge in [-0.05, 0) is 80.3 Å². The average Bonchev–Trinajstić information content (AvgIpc) is 3.13. The molecule has 2 aliphatic rings. The third-order valence-corrected chi connectivity index (χ3v) is 9.96. The van der Waals surface area contributed by atoms with E-state index in [0.717, 1.165) is 69.3 Å². The van der Waals surface area contributed by atoms with E-state index in [-0.39, 0.29) is 29.4 Å². The molecule has 1 saturated carbocycles. The lowest BCUT2D eigenvalue weighted by atomic mass is 9.86. The van der Waals surface area contributed by atoms with Crippen LogP contribution in [0.3, 0.4) is 0 Å². The number of nitrogens with zero attached hydrogens (tertiary/aromatic N) is 1. The van der Waals surface area contributed by atoms with Gasteiger partial charge in [0.25, 0.3) is 0 Å². The Balaban J connectivity index is 0.844. The van der Waals surface area contributed by atoms with E-state index in [2.05, 4.69) is 25.8 Å². The van der Waals surface area contributed by atoms with Gasteiger partial charge < -0.3 is 35.5 Å². The van der Waals surface area contributed by atoms with Crippen LogP contribution < -0.4 is 21.5 Å². The van der Waals surface area contributed by atoms with Crippen molar-refractivity contribution in [3.8, 4) is 16.9 Å². The zero-order valence-corrected chi connectivity index (χ0v) is 28.3. The van der Waals surface area contributed by atoms with Crippen molar-refractivity contribution in [1.29, 1.82) is 0 Å². The Morgan fingerprint density at radius 1 is 0.900 bits per heavy atom. The van der Waals surface area contributed by atoms with Crippen LogP contribution in [0.2, 0.25) is 0 Å². The second-order valence-corrected chi connectivity index (χ2v) is 13.5. The van der Waals surface area contributed by atoms with E-state index in [0.29, 0.717) is 47.6 Å². The first-order chi connectivity index (χ1) is 24.3. The van der Waals surface area contributed by atoms with Crippen LogP contribution in [0.4, 0.5) is 10.5 Å². The molecular weight excluding hydrogens is 634 g/mol. The highest BCUT2D eigenvalue weighted by Gasteiger charge is 2.25. The summed E-state index contributed by atoms with van der Waals surface area (Å²) in [7, 11) is 0. The number of benzene rings is 3. The summed E-state index contributed by atoms with van der Waals surface area (Å²) in [6, 6.07) is 24.0. The predicted molar refractivity (Wildman–Crippen MR) is 194 cm³/mol. The number of hydrogen-bond acceptors (Lipinski definition) is 8. The molecule has 1 aliphatic heterocycles. The molecule has 2 fully saturated rings. The summed E-state index contributed by atoms with van der Waals surface area (Å²) in [4.78, 5) is 42.1. The van der Waals surface area contributed by atoms with E-state index in [9.17, 15) is 24.6 Å². The number of aliphatic hydroxyl groups excluding tert-OH is 1. The average molecular weight is 682 g/mol. The second-order valence-electron chi connectivity index (χ2n) is 13.5. The van der Waals surface area contributed by atoms with Crippen LogP contribution in [-0.2, 0) is 9.53 Å². The number of amides is 2. The van der Waals surface area contributed by atoms with Gasteiger partial charge in [0.1, 0.15) is 11.9 Å². The van der Waals surface area contributed by atoms with E-state index in [1.54, 1.807) is 12.1 Å². The standard InChI is InChI=1S/C39H47N5O6/c45-34-16-14-31(32-15-17-36(47)43-38(32)34)35(46)25-40-24-26-10-12-28(13-11-26)41-37(48)20-23-44-21-18-29(19-22-44)50-39(49)42-33-9-5-4-8-30(33)27-6-2-1-3-7-27/h1-9,14-17,26,28-29,35,40,45-46H,10-13,18-25H2,(H,41,48)(H,42,49)(H,43,47)/t26?,28?,35-/m0/s1. The number of aliphatic hydroxyl groups is 1. The number of piperidine rings is 1. The number of hydrogen-bond donors (Lipinski definition) is 6. The Kier molecular flexibility index (Phi) is 11.8. The monoisotopic (exact) mass is 681 g/mol. The molecule has 0 spiro atoms. The van der Waals surface area contributed by atoms with E-state index >= 15 is 0 Å². The highest BCUT2D eigenvalue weighted by Crippen LogP contribution is 2.30. The zero-order valence-electron chi connectivity index (χ0n) is 28.3. The summed E-state index contributed by atoms with van der Waals surface area (Å²) in [5.74, 6) is 0.514. The minimum Gasteiger partial charge on any atom is -0.506 e. The molecule has 264 valence electrons. The Hall–Kier alpha value is -4.71. The molecule has 50 heavy (non-hydrogen) atoms. The fourth-order valence-corrected chi connectivity index (χ4v) is 7.16. The van der Waals surface area contributed by atoms with Gasteiger partial charge in [-0.2, -0.15) is 0 Å². The number of likely N-dealkylation sites (tertiary alicyclic amines) is 1. The van der Waals surface area contributed by atoms with Gasteiger partial charge in [0.15, 0.2) is 0 Å². The van der Waals surface area contributed by atoms with Crippen molar-refractivity contribution in [2.24, 2.45) is 5.92 Å². The molecule has 6 rings (SSSR count). The maximum atomic E-state index is 12.8. The number of carbonyl (C=O) groups excluding carboxylic acids is 2. The quantitative estimate of drug-likeness (QED) is 0.118. The van der Waals surface area contributed by atoms with Crippen molar-refractivity contribution in [3.63, 3.8) is 0 Å². The molecular formula is C39H47N5O6. The first-order valence-corrected chi connectivity index (χ1v) is 17.7. The van der Waals surface area contributed by atoms with Crippen LogP contribution >= 0.6 is 0 Å². The first kappa shape index (κ1) is 35.1. The van der Waals surface area contributed by atoms with Crippen molar-refractivity contribution in [2.45, 2.75) is 63.2 Å². The molecule has 11 heteroatoms. The van der Waals surface area contributed by atoms with Crippen LogP contribution in [0.15, 0.2) is 83.7 Å². The lowest BCUT2D eigenvalue weighted by Gasteiger charge is -2.32. The highest BCUT2D eigenvalue weighted by molar-refractivity contribution is 5.91. The molecule has 1 aliphatic carbocycles. The maximum Gasteiger partial charge on any atom is 0.411 e. The number of aromatic amines is 1. The number of pyridine rings is 1. The third kappa shape index (κ3) is 9.29. The number of carbonyl (C=O) groups is 2. The molecule has 2 amide bonds. The van der Waals surface area contributed by atoms with Gasteiger partial charge in [-0.15, -0.1) is 0 Å². The Labute approximate surface area is 292 Å². The molecule has 3 aromatic carbocycles. The maximum absolute atomic E-state index is 12.8. The molecule has 11 nitrogen and oxygen atoms in total. The minimum atomic E-state index is -0.786. The molecule has 0 bridgehead atoms. The smallest absolute Gasteiger partial charge is 0.411 e. The normalized spacial score (nSPS) is 19.1. The number of rotatable bonds is 12. The number of anilines is 1. The van der Waals surface area contributed by atoms with Crippen LogP contribution in [0.25, 0.3) is 22.0 Å². The van der Waals surface area contributed by atoms with Gasteiger partial charge in [-0.25, -0.2) is 4.79 Å². The molecule has 1 atom stereocenters. The van der Waals surface area contributed by atoms with Crippen LogP contribution in [0.1, 0.15) is 56.6 Å². The number of aromatic nitrogens is 1. The van der Waals surface area contributed by atoms with E-state index in [1.807, 2.05) is 54.6 Å². The van der Waals surface area contributed by atoms with E-state index in [1.165, 1.54) is 12.1 Å². The Morgan fingerprint density at radius 2 is 1.64 bits per heavy atom. The zero-order chi connectivity index (χ0) is 34.9. The highest BCUT2D eigenvalue weighted by atomic mass is 16.6. The molecule has 2 heterocycles. The topological polar surface area (TPSA) is 156 Å². The Bertz CT molecular complexity index is 1800. The molecule has 1 saturated heterocycles. The molecule has 1 aromatic heterocycles. The van der Waals surface area contributed by atoms with Gasteiger partial charge >= 0.3 is 6.09 Å². The predicted octanol–water partition coefficient (Wildman–Crippen LogP) is 5.30. The number of phenols is 1. The first-order valence-electron chi connectivity index (χ1n) is 17.7. The molecule has 4 aromatic rings. The van der Waals surface area contributed by atoms with Crippen LogP contribution in [0, 0.1) is 5.92 Å². The summed E-state index contributed by atoms with van der Waals surface area (Å²) < 4.78 is 5.76. The van der Waals surface area contributed by atoms with Gasteiger partial charge in [-0.3, -0.25) is 14.9 Å². The van der Waals surface area contributed by atoms with Crippen LogP contribution in [0.5, 0.6) is 5.75 Å². The number of fused-ring (bicyclic) bond motifs is 1. The van der Waals surface area contributed by atoms with Gasteiger partial charge in [0.2, 0.25) is 11.5 Å². The van der Waals surface area contributed by atoms with E-state index < -0.39 is 12.2 Å². The second kappa shape index (κ2) is 16.8. The summed E-state index contributed by atoms with van der Waals surface area (Å²) >= 11 is 0. The number of ether oxygens (including phenoxy) is 1. The molecule has 6 N–H and O–H groups in total. The summed E-state index contributed by atoms with van der Waals surface area (Å²) in [6.07, 6.45) is 4.37. The largest absolute Gasteiger partial charge is 0.506 e. The molecule has 0 unspecified atom stereocenters. The van der Waals surface area contributed by atoms with Crippen molar-refractivity contribution in [3.05, 3.63) is 94.8 Å². The van der Waals surface area contributed by atoms with Crippen molar-refractivity contribution in [1.82, 2.24) is 20.5 Å². The lowest BCUT2D eigenvalue weighted by Crippen LogP contribution is -2.42. The summed E-state index contributed by atoms with van der Waals surface area (Å²) in [5, 5.41) is 31.1. The van der Waals surface area contributed by atoms with Crippen molar-refractivity contribution < 1.29 is 24.5 Å². The Morgan fingerprint density at radius 3 is 2.42 bits per heavy atom. The minimum absolute atomic E-state index is 0.0270. The van der Waals surface area contributed by atoms with Gasteiger partial charge in [0.05, 0.1) is 17.3 Å². The summed E-state index contributed by atoms with van der Waals surface area (Å²) in [6.45, 7) is 3.37. The number of aromatic hydroxyl groups is 1. The van der Waals surface area contributed by atoms with Crippen LogP contribution in [-0.4, -0.2) is 77.0 Å². The summed E-state index contributed by atoms with van der Waals surface area (Å²) in [5.41, 5.74) is 3.35. The lowest BCUT2D eigenvalue weighted by molar-refractivity contribution is -0.122. The van der Waals surface area contributed by atoms with Gasteiger partial charge in [0, 0.05) is 55.7 Å². The fraction of sp³-hybridized carbons (Fsp3) is 0.410. The van der Waals surface area contributed by atoms with Crippen molar-refractivity contribution in [2.75, 3.05) is 38.0 Å². The SMILES string of the molecule is O=C(CCN1CCC(OC(=O)Nc2ccccc2-c2ccccc2)CC1)NC1CCC(CNC[C@H](O)c2ccc(O)c3[nH]c(=O)ccc23)CC1. The fourth-order valence-electron chi connectivity index (χ4n) is 7.16. The van der Waals surface area contributed by atoms with Crippen molar-refractivity contribution >= 4 is 28.6 Å². The number of para-hydroxylation sites is 1. The third-order valence-electron chi connectivity index (χ3n) is 9.96. The van der Waals surface area contributed by atoms with E-state index in [4.69, 9.17) is 4.74 Å².